The second-order valence-corrected chi connectivity index (χ2v) is 6.74. The van der Waals surface area contributed by atoms with Crippen LogP contribution in [0.4, 0.5) is 0 Å². The van der Waals surface area contributed by atoms with E-state index in [1.807, 2.05) is 12.3 Å². The first-order valence-corrected chi connectivity index (χ1v) is 8.61. The van der Waals surface area contributed by atoms with Crippen molar-refractivity contribution in [3.63, 3.8) is 0 Å². The van der Waals surface area contributed by atoms with Crippen molar-refractivity contribution in [1.29, 1.82) is 0 Å². The molecule has 0 unspecified atom stereocenters. The number of fused-ring (bicyclic) bond motifs is 1. The highest BCUT2D eigenvalue weighted by Gasteiger charge is 2.28. The highest BCUT2D eigenvalue weighted by atomic mass is 16.5. The summed E-state index contributed by atoms with van der Waals surface area (Å²) >= 11 is 0. The molecule has 3 aromatic rings. The third-order valence-corrected chi connectivity index (χ3v) is 4.56. The molecule has 1 amide bonds. The molecule has 0 aromatic carbocycles. The lowest BCUT2D eigenvalue weighted by atomic mass is 10.1. The molecule has 0 aliphatic carbocycles. The SMILES string of the molecule is Cc1cc2ncc(CN3CC(Oc4ccc(C(N)=O)nc4)C3)cc2[nH]c1=O. The Bertz CT molecular complexity index is 1060. The van der Waals surface area contributed by atoms with Gasteiger partial charge in [-0.3, -0.25) is 19.5 Å². The maximum absolute atomic E-state index is 11.8. The van der Waals surface area contributed by atoms with Crippen LogP contribution in [0.2, 0.25) is 0 Å². The first kappa shape index (κ1) is 17.2. The van der Waals surface area contributed by atoms with Crippen LogP contribution in [0.15, 0.2) is 41.5 Å². The average Bonchev–Trinajstić information content (AvgIpc) is 2.61. The molecule has 1 aliphatic heterocycles. The van der Waals surface area contributed by atoms with Gasteiger partial charge in [0, 0.05) is 31.4 Å². The molecule has 0 bridgehead atoms. The molecule has 0 saturated carbocycles. The summed E-state index contributed by atoms with van der Waals surface area (Å²) < 4.78 is 5.83. The molecule has 8 heteroatoms. The molecule has 0 radical (unpaired) electrons. The molecule has 1 fully saturated rings. The number of hydrogen-bond acceptors (Lipinski definition) is 6. The largest absolute Gasteiger partial charge is 0.486 e. The van der Waals surface area contributed by atoms with Gasteiger partial charge in [-0.25, -0.2) is 4.98 Å². The number of ether oxygens (including phenoxy) is 1. The molecule has 0 spiro atoms. The number of nitrogens with zero attached hydrogens (tertiary/aromatic N) is 3. The molecule has 27 heavy (non-hydrogen) atoms. The molecule has 3 N–H and O–H groups in total. The van der Waals surface area contributed by atoms with Crippen LogP contribution in [0, 0.1) is 6.92 Å². The van der Waals surface area contributed by atoms with Crippen molar-refractivity contribution in [2.24, 2.45) is 5.73 Å². The summed E-state index contributed by atoms with van der Waals surface area (Å²) in [6.07, 6.45) is 3.41. The molecule has 4 heterocycles. The molecule has 1 aliphatic rings. The Kier molecular flexibility index (Phi) is 4.33. The summed E-state index contributed by atoms with van der Waals surface area (Å²) in [4.78, 5) is 36.3. The first-order valence-electron chi connectivity index (χ1n) is 8.61. The number of carbonyl (C=O) groups excluding carboxylic acids is 1. The number of primary amides is 1. The van der Waals surface area contributed by atoms with E-state index in [0.29, 0.717) is 11.3 Å². The number of H-pyrrole nitrogens is 1. The van der Waals surface area contributed by atoms with Crippen LogP contribution < -0.4 is 16.0 Å². The lowest BCUT2D eigenvalue weighted by molar-refractivity contribution is 0.0143. The smallest absolute Gasteiger partial charge is 0.267 e. The summed E-state index contributed by atoms with van der Waals surface area (Å²) in [5, 5.41) is 0. The van der Waals surface area contributed by atoms with Gasteiger partial charge in [0.2, 0.25) is 0 Å². The minimum Gasteiger partial charge on any atom is -0.486 e. The van der Waals surface area contributed by atoms with E-state index < -0.39 is 5.91 Å². The van der Waals surface area contributed by atoms with Crippen LogP contribution in [-0.2, 0) is 6.54 Å². The van der Waals surface area contributed by atoms with E-state index in [9.17, 15) is 9.59 Å². The van der Waals surface area contributed by atoms with E-state index in [4.69, 9.17) is 10.5 Å². The van der Waals surface area contributed by atoms with Crippen LogP contribution in [0.1, 0.15) is 21.6 Å². The number of carbonyl (C=O) groups is 1. The average molecular weight is 365 g/mol. The number of aromatic amines is 1. The monoisotopic (exact) mass is 365 g/mol. The van der Waals surface area contributed by atoms with Crippen molar-refractivity contribution in [1.82, 2.24) is 19.9 Å². The number of likely N-dealkylation sites (tertiary alicyclic amines) is 1. The van der Waals surface area contributed by atoms with Gasteiger partial charge in [-0.05, 0) is 36.8 Å². The maximum atomic E-state index is 11.8. The molecule has 4 rings (SSSR count). The normalized spacial score (nSPS) is 14.9. The lowest BCUT2D eigenvalue weighted by Gasteiger charge is -2.38. The lowest BCUT2D eigenvalue weighted by Crippen LogP contribution is -2.53. The minimum absolute atomic E-state index is 0.0714. The van der Waals surface area contributed by atoms with E-state index in [1.54, 1.807) is 25.1 Å². The van der Waals surface area contributed by atoms with Gasteiger partial charge in [0.15, 0.2) is 0 Å². The number of aromatic nitrogens is 3. The highest BCUT2D eigenvalue weighted by Crippen LogP contribution is 2.20. The van der Waals surface area contributed by atoms with E-state index in [0.717, 1.165) is 36.2 Å². The Morgan fingerprint density at radius 3 is 2.81 bits per heavy atom. The van der Waals surface area contributed by atoms with Gasteiger partial charge in [0.25, 0.3) is 11.5 Å². The number of rotatable bonds is 5. The summed E-state index contributed by atoms with van der Waals surface area (Å²) in [5.74, 6) is 0.0573. The standard InChI is InChI=1S/C19H19N5O3/c1-11-4-16-17(23-19(11)26)5-12(6-21-16)8-24-9-14(10-24)27-13-2-3-15(18(20)25)22-7-13/h2-7,14H,8-10H2,1H3,(H2,20,25)(H,23,26). The van der Waals surface area contributed by atoms with Crippen molar-refractivity contribution in [2.75, 3.05) is 13.1 Å². The number of aryl methyl sites for hydroxylation is 1. The van der Waals surface area contributed by atoms with Crippen LogP contribution in [0.25, 0.3) is 11.0 Å². The van der Waals surface area contributed by atoms with Crippen molar-refractivity contribution in [2.45, 2.75) is 19.6 Å². The first-order chi connectivity index (χ1) is 13.0. The molecule has 1 saturated heterocycles. The Labute approximate surface area is 155 Å². The molecule has 8 nitrogen and oxygen atoms in total. The maximum Gasteiger partial charge on any atom is 0.267 e. The van der Waals surface area contributed by atoms with E-state index in [2.05, 4.69) is 19.9 Å². The summed E-state index contributed by atoms with van der Waals surface area (Å²) in [6, 6.07) is 7.01. The fourth-order valence-electron chi connectivity index (χ4n) is 3.08. The zero-order valence-electron chi connectivity index (χ0n) is 14.8. The molecule has 0 atom stereocenters. The van der Waals surface area contributed by atoms with Crippen molar-refractivity contribution in [3.8, 4) is 5.75 Å². The minimum atomic E-state index is -0.558. The van der Waals surface area contributed by atoms with Crippen molar-refractivity contribution >= 4 is 16.9 Å². The topological polar surface area (TPSA) is 114 Å². The predicted molar refractivity (Wildman–Crippen MR) is 99.5 cm³/mol. The zero-order chi connectivity index (χ0) is 19.0. The number of nitrogens with two attached hydrogens (primary N) is 1. The van der Waals surface area contributed by atoms with Gasteiger partial charge < -0.3 is 15.5 Å². The molecular weight excluding hydrogens is 346 g/mol. The van der Waals surface area contributed by atoms with E-state index in [1.165, 1.54) is 6.20 Å². The fraction of sp³-hybridized carbons (Fsp3) is 0.263. The van der Waals surface area contributed by atoms with Gasteiger partial charge in [0.05, 0.1) is 17.2 Å². The van der Waals surface area contributed by atoms with Crippen molar-refractivity contribution in [3.05, 3.63) is 63.8 Å². The second-order valence-electron chi connectivity index (χ2n) is 6.74. The number of nitrogens with one attached hydrogen (secondary N) is 1. The van der Waals surface area contributed by atoms with Gasteiger partial charge in [-0.1, -0.05) is 0 Å². The van der Waals surface area contributed by atoms with Crippen molar-refractivity contribution < 1.29 is 9.53 Å². The van der Waals surface area contributed by atoms with Crippen LogP contribution in [0.5, 0.6) is 5.75 Å². The number of hydrogen-bond donors (Lipinski definition) is 2. The third kappa shape index (κ3) is 3.65. The third-order valence-electron chi connectivity index (χ3n) is 4.56. The highest BCUT2D eigenvalue weighted by molar-refractivity contribution is 5.90. The van der Waals surface area contributed by atoms with Gasteiger partial charge in [0.1, 0.15) is 17.5 Å². The van der Waals surface area contributed by atoms with Crippen LogP contribution >= 0.6 is 0 Å². The van der Waals surface area contributed by atoms with Crippen LogP contribution in [-0.4, -0.2) is 45.0 Å². The molecule has 3 aromatic heterocycles. The Morgan fingerprint density at radius 2 is 2.11 bits per heavy atom. The summed E-state index contributed by atoms with van der Waals surface area (Å²) in [6.45, 7) is 4.06. The van der Waals surface area contributed by atoms with E-state index >= 15 is 0 Å². The fourth-order valence-corrected chi connectivity index (χ4v) is 3.08. The van der Waals surface area contributed by atoms with Gasteiger partial charge >= 0.3 is 0 Å². The molecular formula is C19H19N5O3. The Balaban J connectivity index is 1.35. The summed E-state index contributed by atoms with van der Waals surface area (Å²) in [5.41, 5.74) is 8.52. The summed E-state index contributed by atoms with van der Waals surface area (Å²) in [7, 11) is 0. The molecule has 138 valence electrons. The number of pyridine rings is 3. The Hall–Kier alpha value is -3.26. The zero-order valence-corrected chi connectivity index (χ0v) is 14.8. The number of amides is 1. The Morgan fingerprint density at radius 1 is 1.30 bits per heavy atom. The van der Waals surface area contributed by atoms with Gasteiger partial charge in [-0.15, -0.1) is 0 Å². The van der Waals surface area contributed by atoms with Gasteiger partial charge in [-0.2, -0.15) is 0 Å². The van der Waals surface area contributed by atoms with Crippen LogP contribution in [0.3, 0.4) is 0 Å². The van der Waals surface area contributed by atoms with E-state index in [-0.39, 0.29) is 17.4 Å². The predicted octanol–water partition coefficient (Wildman–Crippen LogP) is 0.989. The second kappa shape index (κ2) is 6.81. The quantitative estimate of drug-likeness (QED) is 0.697.